The number of rotatable bonds is 4. The van der Waals surface area contributed by atoms with E-state index >= 15 is 0 Å². The number of halogens is 1. The molecule has 1 aromatic rings. The van der Waals surface area contributed by atoms with Gasteiger partial charge in [0.1, 0.15) is 5.70 Å². The minimum absolute atomic E-state index is 0.0411. The molecule has 1 aliphatic heterocycles. The van der Waals surface area contributed by atoms with Crippen LogP contribution in [0.1, 0.15) is 18.1 Å². The standard InChI is InChI=1S/C14H16ClNO3/c1-4-18-14-12(11(15)13(17)19-14)16-10-7-8(2)5-6-9(10)3/h5-7,14,16H,4H2,1-3H3/t14-/m0/s1. The molecule has 0 radical (unpaired) electrons. The molecular formula is C14H16ClNO3. The van der Waals surface area contributed by atoms with Crippen LogP contribution in [0, 0.1) is 13.8 Å². The van der Waals surface area contributed by atoms with E-state index in [4.69, 9.17) is 21.1 Å². The number of anilines is 1. The molecule has 1 aromatic carbocycles. The van der Waals surface area contributed by atoms with E-state index in [-0.39, 0.29) is 5.03 Å². The van der Waals surface area contributed by atoms with Gasteiger partial charge in [0.05, 0.1) is 0 Å². The monoisotopic (exact) mass is 281 g/mol. The topological polar surface area (TPSA) is 47.6 Å². The van der Waals surface area contributed by atoms with Gasteiger partial charge >= 0.3 is 5.97 Å². The molecule has 0 aliphatic carbocycles. The molecule has 1 atom stereocenters. The SMILES string of the molecule is CCO[C@H]1OC(=O)C(Cl)=C1Nc1cc(C)ccc1C. The first-order chi connectivity index (χ1) is 9.02. The Bertz CT molecular complexity index is 539. The zero-order valence-electron chi connectivity index (χ0n) is 11.1. The van der Waals surface area contributed by atoms with Crippen LogP contribution >= 0.6 is 11.6 Å². The summed E-state index contributed by atoms with van der Waals surface area (Å²) in [5.74, 6) is -0.562. The average molecular weight is 282 g/mol. The van der Waals surface area contributed by atoms with Crippen LogP contribution in [0.4, 0.5) is 5.69 Å². The summed E-state index contributed by atoms with van der Waals surface area (Å²) in [5, 5.41) is 3.18. The van der Waals surface area contributed by atoms with Crippen molar-refractivity contribution in [3.8, 4) is 0 Å². The van der Waals surface area contributed by atoms with Crippen molar-refractivity contribution in [1.82, 2.24) is 0 Å². The van der Waals surface area contributed by atoms with Crippen molar-refractivity contribution in [2.45, 2.75) is 27.1 Å². The molecule has 1 heterocycles. The molecule has 2 rings (SSSR count). The Morgan fingerprint density at radius 3 is 2.84 bits per heavy atom. The Labute approximate surface area is 117 Å². The van der Waals surface area contributed by atoms with Gasteiger partial charge in [0.15, 0.2) is 5.03 Å². The second kappa shape index (κ2) is 5.63. The van der Waals surface area contributed by atoms with E-state index in [2.05, 4.69) is 5.32 Å². The molecule has 1 N–H and O–H groups in total. The summed E-state index contributed by atoms with van der Waals surface area (Å²) in [6.45, 7) is 6.23. The molecule has 5 heteroatoms. The smallest absolute Gasteiger partial charge is 0.354 e. The number of esters is 1. The second-order valence-electron chi connectivity index (χ2n) is 4.36. The normalized spacial score (nSPS) is 18.7. The Balaban J connectivity index is 2.29. The highest BCUT2D eigenvalue weighted by atomic mass is 35.5. The molecule has 0 saturated heterocycles. The first-order valence-electron chi connectivity index (χ1n) is 6.09. The molecule has 4 nitrogen and oxygen atoms in total. The zero-order valence-corrected chi connectivity index (χ0v) is 11.9. The number of nitrogens with one attached hydrogen (secondary N) is 1. The highest BCUT2D eigenvalue weighted by molar-refractivity contribution is 6.42. The van der Waals surface area contributed by atoms with Crippen molar-refractivity contribution < 1.29 is 14.3 Å². The third kappa shape index (κ3) is 2.91. The summed E-state index contributed by atoms with van der Waals surface area (Å²) >= 11 is 5.96. The molecule has 19 heavy (non-hydrogen) atoms. The quantitative estimate of drug-likeness (QED) is 0.862. The molecular weight excluding hydrogens is 266 g/mol. The first-order valence-corrected chi connectivity index (χ1v) is 6.47. The molecule has 0 spiro atoms. The van der Waals surface area contributed by atoms with Crippen molar-refractivity contribution in [1.29, 1.82) is 0 Å². The van der Waals surface area contributed by atoms with Crippen LogP contribution in [0.5, 0.6) is 0 Å². The molecule has 0 amide bonds. The maximum atomic E-state index is 11.5. The highest BCUT2D eigenvalue weighted by Gasteiger charge is 2.34. The fourth-order valence-corrected chi connectivity index (χ4v) is 2.00. The van der Waals surface area contributed by atoms with Crippen LogP contribution in [0.3, 0.4) is 0 Å². The summed E-state index contributed by atoms with van der Waals surface area (Å²) in [6, 6.07) is 6.00. The van der Waals surface area contributed by atoms with Crippen molar-refractivity contribution in [2.24, 2.45) is 0 Å². The second-order valence-corrected chi connectivity index (χ2v) is 4.74. The van der Waals surface area contributed by atoms with E-state index in [1.165, 1.54) is 0 Å². The Kier molecular flexibility index (Phi) is 4.12. The molecule has 0 unspecified atom stereocenters. The largest absolute Gasteiger partial charge is 0.425 e. The van der Waals surface area contributed by atoms with Gasteiger partial charge in [0.25, 0.3) is 0 Å². The van der Waals surface area contributed by atoms with E-state index in [0.717, 1.165) is 16.8 Å². The number of carbonyl (C=O) groups is 1. The summed E-state index contributed by atoms with van der Waals surface area (Å²) in [4.78, 5) is 11.5. The van der Waals surface area contributed by atoms with Gasteiger partial charge in [-0.3, -0.25) is 0 Å². The summed E-state index contributed by atoms with van der Waals surface area (Å²) in [5.41, 5.74) is 3.51. The molecule has 0 fully saturated rings. The van der Waals surface area contributed by atoms with E-state index in [1.807, 2.05) is 39.0 Å². The van der Waals surface area contributed by atoms with Crippen LogP contribution in [0.15, 0.2) is 28.9 Å². The lowest BCUT2D eigenvalue weighted by Crippen LogP contribution is -2.20. The summed E-state index contributed by atoms with van der Waals surface area (Å²) in [6.07, 6.45) is -0.759. The number of aryl methyl sites for hydroxylation is 2. The number of hydrogen-bond acceptors (Lipinski definition) is 4. The van der Waals surface area contributed by atoms with Gasteiger partial charge in [0.2, 0.25) is 6.29 Å². The van der Waals surface area contributed by atoms with E-state index in [9.17, 15) is 4.79 Å². The van der Waals surface area contributed by atoms with Crippen LogP contribution in [-0.4, -0.2) is 18.9 Å². The van der Waals surface area contributed by atoms with Gasteiger partial charge in [-0.1, -0.05) is 23.7 Å². The molecule has 0 bridgehead atoms. The summed E-state index contributed by atoms with van der Waals surface area (Å²) in [7, 11) is 0. The minimum atomic E-state index is -0.759. The lowest BCUT2D eigenvalue weighted by atomic mass is 10.1. The van der Waals surface area contributed by atoms with Crippen molar-refractivity contribution in [3.63, 3.8) is 0 Å². The number of hydrogen-bond donors (Lipinski definition) is 1. The lowest BCUT2D eigenvalue weighted by Gasteiger charge is -2.17. The molecule has 102 valence electrons. The zero-order chi connectivity index (χ0) is 14.0. The number of cyclic esters (lactones) is 1. The Morgan fingerprint density at radius 2 is 2.16 bits per heavy atom. The predicted molar refractivity (Wildman–Crippen MR) is 73.9 cm³/mol. The fourth-order valence-electron chi connectivity index (χ4n) is 1.82. The lowest BCUT2D eigenvalue weighted by molar-refractivity contribution is -0.158. The maximum Gasteiger partial charge on any atom is 0.354 e. The van der Waals surface area contributed by atoms with Gasteiger partial charge in [-0.15, -0.1) is 0 Å². The van der Waals surface area contributed by atoms with Crippen LogP contribution < -0.4 is 5.32 Å². The molecule has 0 saturated carbocycles. The first kappa shape index (κ1) is 13.9. The maximum absolute atomic E-state index is 11.5. The average Bonchev–Trinajstić information content (AvgIpc) is 2.62. The van der Waals surface area contributed by atoms with Gasteiger partial charge in [-0.2, -0.15) is 0 Å². The number of ether oxygens (including phenoxy) is 2. The molecule has 0 aromatic heterocycles. The van der Waals surface area contributed by atoms with Crippen LogP contribution in [-0.2, 0) is 14.3 Å². The molecule has 1 aliphatic rings. The third-order valence-corrected chi connectivity index (χ3v) is 3.20. The van der Waals surface area contributed by atoms with E-state index in [1.54, 1.807) is 0 Å². The van der Waals surface area contributed by atoms with Crippen molar-refractivity contribution in [3.05, 3.63) is 40.1 Å². The van der Waals surface area contributed by atoms with Crippen molar-refractivity contribution in [2.75, 3.05) is 11.9 Å². The Morgan fingerprint density at radius 1 is 1.42 bits per heavy atom. The van der Waals surface area contributed by atoms with E-state index in [0.29, 0.717) is 12.3 Å². The summed E-state index contributed by atoms with van der Waals surface area (Å²) < 4.78 is 10.4. The van der Waals surface area contributed by atoms with Gasteiger partial charge in [-0.05, 0) is 38.0 Å². The predicted octanol–water partition coefficient (Wildman–Crippen LogP) is 3.09. The van der Waals surface area contributed by atoms with Crippen LogP contribution in [0.2, 0.25) is 0 Å². The van der Waals surface area contributed by atoms with E-state index < -0.39 is 12.3 Å². The number of benzene rings is 1. The third-order valence-electron chi connectivity index (χ3n) is 2.85. The van der Waals surface area contributed by atoms with Gasteiger partial charge < -0.3 is 14.8 Å². The fraction of sp³-hybridized carbons (Fsp3) is 0.357. The van der Waals surface area contributed by atoms with Crippen LogP contribution in [0.25, 0.3) is 0 Å². The Hall–Kier alpha value is -1.52. The minimum Gasteiger partial charge on any atom is -0.425 e. The van der Waals surface area contributed by atoms with Crippen molar-refractivity contribution >= 4 is 23.3 Å². The highest BCUT2D eigenvalue weighted by Crippen LogP contribution is 2.29. The van der Waals surface area contributed by atoms with Gasteiger partial charge in [0, 0.05) is 12.3 Å². The number of carbonyl (C=O) groups excluding carboxylic acids is 1. The van der Waals surface area contributed by atoms with Gasteiger partial charge in [-0.25, -0.2) is 4.79 Å².